The van der Waals surface area contributed by atoms with Crippen LogP contribution in [0.3, 0.4) is 0 Å². The molecule has 4 aromatic carbocycles. The Morgan fingerprint density at radius 3 is 1.70 bits per heavy atom. The molecule has 0 nitrogen and oxygen atoms in total. The molecular formula is C27H22. The zero-order valence-corrected chi connectivity index (χ0v) is 15.5. The molecule has 0 atom stereocenters. The van der Waals surface area contributed by atoms with Gasteiger partial charge in [0.05, 0.1) is 0 Å². The minimum Gasteiger partial charge on any atom is -0.0955 e. The number of rotatable bonds is 4. The van der Waals surface area contributed by atoms with Gasteiger partial charge in [0, 0.05) is 0 Å². The molecule has 0 saturated carbocycles. The molecule has 0 radical (unpaired) electrons. The molecule has 0 amide bonds. The van der Waals surface area contributed by atoms with Crippen LogP contribution >= 0.6 is 0 Å². The van der Waals surface area contributed by atoms with Gasteiger partial charge in [-0.25, -0.2) is 0 Å². The summed E-state index contributed by atoms with van der Waals surface area (Å²) < 4.78 is 0. The van der Waals surface area contributed by atoms with Gasteiger partial charge < -0.3 is 0 Å². The highest BCUT2D eigenvalue weighted by molar-refractivity contribution is 5.87. The summed E-state index contributed by atoms with van der Waals surface area (Å²) in [6.07, 6.45) is 0. The second-order valence-corrected chi connectivity index (χ2v) is 6.85. The van der Waals surface area contributed by atoms with Crippen LogP contribution in [0.15, 0.2) is 110 Å². The summed E-state index contributed by atoms with van der Waals surface area (Å²) in [5, 5.41) is 0. The molecule has 0 unspecified atom stereocenters. The lowest BCUT2D eigenvalue weighted by Crippen LogP contribution is -1.88. The van der Waals surface area contributed by atoms with Crippen LogP contribution in [-0.2, 0) is 0 Å². The lowest BCUT2D eigenvalue weighted by molar-refractivity contribution is 1.54. The summed E-state index contributed by atoms with van der Waals surface area (Å²) in [4.78, 5) is 0. The molecule has 0 aromatic heterocycles. The van der Waals surface area contributed by atoms with Gasteiger partial charge in [0.15, 0.2) is 0 Å². The Hall–Kier alpha value is -3.38. The normalized spacial score (nSPS) is 10.6. The van der Waals surface area contributed by atoms with Crippen LogP contribution in [0.2, 0.25) is 0 Å². The van der Waals surface area contributed by atoms with Gasteiger partial charge in [-0.2, -0.15) is 0 Å². The first-order valence-electron chi connectivity index (χ1n) is 9.23. The maximum Gasteiger partial charge on any atom is -0.00992 e. The van der Waals surface area contributed by atoms with Crippen molar-refractivity contribution in [2.75, 3.05) is 0 Å². The second kappa shape index (κ2) is 7.47. The summed E-state index contributed by atoms with van der Waals surface area (Å²) in [6.45, 7) is 6.13. The van der Waals surface area contributed by atoms with Crippen LogP contribution in [0.25, 0.3) is 39.0 Å². The minimum atomic E-state index is 1.08. The Kier molecular flexibility index (Phi) is 4.72. The van der Waals surface area contributed by atoms with Crippen molar-refractivity contribution in [1.29, 1.82) is 0 Å². The smallest absolute Gasteiger partial charge is 0.00992 e. The molecule has 0 heteroatoms. The largest absolute Gasteiger partial charge is 0.0955 e. The second-order valence-electron chi connectivity index (χ2n) is 6.85. The Labute approximate surface area is 161 Å². The van der Waals surface area contributed by atoms with E-state index in [1.807, 2.05) is 6.92 Å². The van der Waals surface area contributed by atoms with E-state index in [0.717, 1.165) is 5.57 Å². The molecule has 0 aliphatic heterocycles. The van der Waals surface area contributed by atoms with Crippen molar-refractivity contribution in [2.24, 2.45) is 0 Å². The quantitative estimate of drug-likeness (QED) is 0.355. The highest BCUT2D eigenvalue weighted by Crippen LogP contribution is 2.36. The highest BCUT2D eigenvalue weighted by Gasteiger charge is 2.10. The first-order valence-corrected chi connectivity index (χ1v) is 9.23. The third-order valence-electron chi connectivity index (χ3n) is 4.88. The lowest BCUT2D eigenvalue weighted by Gasteiger charge is -2.14. The van der Waals surface area contributed by atoms with E-state index in [-0.39, 0.29) is 0 Å². The minimum absolute atomic E-state index is 1.08. The molecule has 0 aliphatic rings. The first-order chi connectivity index (χ1) is 13.2. The first kappa shape index (κ1) is 17.1. The number of hydrogen-bond donors (Lipinski definition) is 0. The van der Waals surface area contributed by atoms with Crippen LogP contribution < -0.4 is 0 Å². The number of hydrogen-bond acceptors (Lipinski definition) is 0. The van der Waals surface area contributed by atoms with E-state index >= 15 is 0 Å². The van der Waals surface area contributed by atoms with Crippen LogP contribution in [0, 0.1) is 0 Å². The molecule has 4 aromatic rings. The van der Waals surface area contributed by atoms with E-state index in [9.17, 15) is 0 Å². The fourth-order valence-corrected chi connectivity index (χ4v) is 3.41. The molecule has 0 bridgehead atoms. The van der Waals surface area contributed by atoms with Gasteiger partial charge in [-0.1, -0.05) is 103 Å². The maximum atomic E-state index is 4.08. The molecule has 0 saturated heterocycles. The van der Waals surface area contributed by atoms with Crippen molar-refractivity contribution in [3.05, 3.63) is 115 Å². The molecule has 0 aliphatic carbocycles. The SMILES string of the molecule is C=C(C)c1cccc(-c2ccc(-c3ccccc3)c(-c3ccccc3)c2)c1. The molecule has 0 fully saturated rings. The summed E-state index contributed by atoms with van der Waals surface area (Å²) in [6, 6.07) is 36.5. The van der Waals surface area contributed by atoms with E-state index in [1.165, 1.54) is 38.9 Å². The molecule has 4 rings (SSSR count). The Bertz CT molecular complexity index is 1070. The summed E-state index contributed by atoms with van der Waals surface area (Å²) >= 11 is 0. The molecule has 0 heterocycles. The fraction of sp³-hybridized carbons (Fsp3) is 0.0370. The third kappa shape index (κ3) is 3.61. The standard InChI is InChI=1S/C27H22/c1-20(2)23-14-9-15-24(18-23)25-16-17-26(21-10-5-3-6-11-21)27(19-25)22-12-7-4-8-13-22/h3-19H,1H2,2H3. The summed E-state index contributed by atoms with van der Waals surface area (Å²) in [7, 11) is 0. The van der Waals surface area contributed by atoms with E-state index in [2.05, 4.69) is 110 Å². The van der Waals surface area contributed by atoms with Crippen molar-refractivity contribution < 1.29 is 0 Å². The Morgan fingerprint density at radius 2 is 1.07 bits per heavy atom. The van der Waals surface area contributed by atoms with Gasteiger partial charge in [0.2, 0.25) is 0 Å². The Morgan fingerprint density at radius 1 is 0.519 bits per heavy atom. The maximum absolute atomic E-state index is 4.08. The average Bonchev–Trinajstić information content (AvgIpc) is 2.74. The van der Waals surface area contributed by atoms with Crippen molar-refractivity contribution in [1.82, 2.24) is 0 Å². The van der Waals surface area contributed by atoms with Crippen LogP contribution in [0.1, 0.15) is 12.5 Å². The molecular weight excluding hydrogens is 324 g/mol. The van der Waals surface area contributed by atoms with Gasteiger partial charge >= 0.3 is 0 Å². The predicted molar refractivity (Wildman–Crippen MR) is 117 cm³/mol. The van der Waals surface area contributed by atoms with Gasteiger partial charge in [-0.3, -0.25) is 0 Å². The zero-order chi connectivity index (χ0) is 18.6. The molecule has 130 valence electrons. The highest BCUT2D eigenvalue weighted by atomic mass is 14.1. The van der Waals surface area contributed by atoms with Gasteiger partial charge in [-0.05, 0) is 58.0 Å². The van der Waals surface area contributed by atoms with Gasteiger partial charge in [0.25, 0.3) is 0 Å². The average molecular weight is 346 g/mol. The summed E-state index contributed by atoms with van der Waals surface area (Å²) in [5.74, 6) is 0. The van der Waals surface area contributed by atoms with Crippen molar-refractivity contribution in [3.8, 4) is 33.4 Å². The zero-order valence-electron chi connectivity index (χ0n) is 15.5. The number of allylic oxidation sites excluding steroid dienone is 1. The number of benzene rings is 4. The van der Waals surface area contributed by atoms with Gasteiger partial charge in [-0.15, -0.1) is 0 Å². The third-order valence-corrected chi connectivity index (χ3v) is 4.88. The van der Waals surface area contributed by atoms with Crippen LogP contribution in [-0.4, -0.2) is 0 Å². The Balaban J connectivity index is 1.89. The fourth-order valence-electron chi connectivity index (χ4n) is 3.41. The van der Waals surface area contributed by atoms with Crippen molar-refractivity contribution in [3.63, 3.8) is 0 Å². The van der Waals surface area contributed by atoms with E-state index in [4.69, 9.17) is 0 Å². The van der Waals surface area contributed by atoms with Gasteiger partial charge in [0.1, 0.15) is 0 Å². The van der Waals surface area contributed by atoms with Crippen LogP contribution in [0.4, 0.5) is 0 Å². The summed E-state index contributed by atoms with van der Waals surface area (Å²) in [5.41, 5.74) is 9.67. The van der Waals surface area contributed by atoms with Crippen LogP contribution in [0.5, 0.6) is 0 Å². The van der Waals surface area contributed by atoms with Crippen molar-refractivity contribution in [2.45, 2.75) is 6.92 Å². The van der Waals surface area contributed by atoms with E-state index in [0.29, 0.717) is 0 Å². The van der Waals surface area contributed by atoms with E-state index < -0.39 is 0 Å². The predicted octanol–water partition coefficient (Wildman–Crippen LogP) is 7.72. The molecule has 0 spiro atoms. The van der Waals surface area contributed by atoms with E-state index in [1.54, 1.807) is 0 Å². The van der Waals surface area contributed by atoms with Crippen molar-refractivity contribution >= 4 is 5.57 Å². The topological polar surface area (TPSA) is 0 Å². The molecule has 0 N–H and O–H groups in total. The molecule has 27 heavy (non-hydrogen) atoms. The monoisotopic (exact) mass is 346 g/mol. The lowest BCUT2D eigenvalue weighted by atomic mass is 9.90.